The van der Waals surface area contributed by atoms with Gasteiger partial charge in [0.2, 0.25) is 0 Å². The lowest BCUT2D eigenvalue weighted by atomic mass is 10.1. The second-order valence-corrected chi connectivity index (χ2v) is 11.0. The molecule has 1 fully saturated rings. The van der Waals surface area contributed by atoms with E-state index < -0.39 is 16.1 Å². The topological polar surface area (TPSA) is 93.2 Å². The van der Waals surface area contributed by atoms with E-state index in [-0.39, 0.29) is 25.4 Å². The van der Waals surface area contributed by atoms with E-state index in [1.54, 1.807) is 30.3 Å². The van der Waals surface area contributed by atoms with Crippen LogP contribution in [0.5, 0.6) is 11.5 Å². The molecule has 0 unspecified atom stereocenters. The van der Waals surface area contributed by atoms with Crippen LogP contribution in [-0.4, -0.2) is 49.5 Å². The van der Waals surface area contributed by atoms with Crippen molar-refractivity contribution in [2.75, 3.05) is 20.8 Å². The van der Waals surface area contributed by atoms with E-state index in [0.717, 1.165) is 19.9 Å². The number of rotatable bonds is 10. The molecule has 0 radical (unpaired) electrons. The standard InChI is InChI=1S/C22H28N2O6S2/c1-15(2)5-9-19(25)21-10-8-18(31-21)13-23-14-22(26)24(32(23,27)28)12-16-6-7-17(29-3)11-20(16)30-4/h6-8,10-11,15H,5,9,12-14H2,1-4H3. The normalized spacial score (nSPS) is 16.0. The van der Waals surface area contributed by atoms with E-state index >= 15 is 0 Å². The van der Waals surface area contributed by atoms with Crippen LogP contribution >= 0.6 is 11.3 Å². The van der Waals surface area contributed by atoms with Crippen molar-refractivity contribution in [1.82, 2.24) is 8.61 Å². The molecule has 1 aliphatic rings. The van der Waals surface area contributed by atoms with Crippen LogP contribution in [0.15, 0.2) is 30.3 Å². The molecule has 1 aromatic heterocycles. The molecule has 1 amide bonds. The first-order chi connectivity index (χ1) is 15.1. The summed E-state index contributed by atoms with van der Waals surface area (Å²) in [6.45, 7) is 3.81. The number of amides is 1. The van der Waals surface area contributed by atoms with Crippen LogP contribution in [0.2, 0.25) is 0 Å². The zero-order chi connectivity index (χ0) is 23.5. The highest BCUT2D eigenvalue weighted by atomic mass is 32.2. The highest BCUT2D eigenvalue weighted by Crippen LogP contribution is 2.30. The van der Waals surface area contributed by atoms with Gasteiger partial charge in [0.25, 0.3) is 5.91 Å². The number of hydrogen-bond donors (Lipinski definition) is 0. The third-order valence-corrected chi connectivity index (χ3v) is 8.13. The van der Waals surface area contributed by atoms with Gasteiger partial charge in [-0.1, -0.05) is 13.8 Å². The molecule has 0 spiro atoms. The van der Waals surface area contributed by atoms with Gasteiger partial charge in [0.05, 0.1) is 38.7 Å². The summed E-state index contributed by atoms with van der Waals surface area (Å²) in [5.41, 5.74) is 0.557. The average Bonchev–Trinajstić information content (AvgIpc) is 3.30. The molecule has 0 saturated carbocycles. The number of carbonyl (C=O) groups is 2. The molecule has 2 aromatic rings. The third kappa shape index (κ3) is 5.31. The summed E-state index contributed by atoms with van der Waals surface area (Å²) >= 11 is 1.28. The van der Waals surface area contributed by atoms with Crippen molar-refractivity contribution < 1.29 is 27.5 Å². The zero-order valence-corrected chi connectivity index (χ0v) is 20.3. The molecule has 1 aromatic carbocycles. The number of ether oxygens (including phenoxy) is 2. The van der Waals surface area contributed by atoms with Gasteiger partial charge in [-0.2, -0.15) is 12.7 Å². The quantitative estimate of drug-likeness (QED) is 0.484. The molecular formula is C22H28N2O6S2. The first-order valence-electron chi connectivity index (χ1n) is 10.3. The molecule has 1 saturated heterocycles. The molecule has 0 bridgehead atoms. The van der Waals surface area contributed by atoms with Gasteiger partial charge in [-0.25, -0.2) is 4.31 Å². The number of nitrogens with zero attached hydrogens (tertiary/aromatic N) is 2. The molecule has 1 aliphatic heterocycles. The summed E-state index contributed by atoms with van der Waals surface area (Å²) in [7, 11) is -0.998. The van der Waals surface area contributed by atoms with Crippen LogP contribution < -0.4 is 9.47 Å². The van der Waals surface area contributed by atoms with Gasteiger partial charge in [0.1, 0.15) is 11.5 Å². The largest absolute Gasteiger partial charge is 0.497 e. The van der Waals surface area contributed by atoms with Gasteiger partial charge < -0.3 is 9.47 Å². The minimum atomic E-state index is -3.99. The Morgan fingerprint density at radius 3 is 2.53 bits per heavy atom. The van der Waals surface area contributed by atoms with Gasteiger partial charge in [0, 0.05) is 22.9 Å². The summed E-state index contributed by atoms with van der Waals surface area (Å²) < 4.78 is 38.6. The number of methoxy groups -OCH3 is 2. The molecular weight excluding hydrogens is 452 g/mol. The lowest BCUT2D eigenvalue weighted by molar-refractivity contribution is -0.125. The van der Waals surface area contributed by atoms with Crippen molar-refractivity contribution in [3.05, 3.63) is 45.6 Å². The van der Waals surface area contributed by atoms with E-state index in [4.69, 9.17) is 9.47 Å². The molecule has 0 aliphatic carbocycles. The van der Waals surface area contributed by atoms with Gasteiger partial charge in [-0.3, -0.25) is 9.59 Å². The van der Waals surface area contributed by atoms with E-state index in [2.05, 4.69) is 13.8 Å². The van der Waals surface area contributed by atoms with E-state index in [1.807, 2.05) is 0 Å². The zero-order valence-electron chi connectivity index (χ0n) is 18.7. The van der Waals surface area contributed by atoms with Crippen LogP contribution in [0.1, 0.15) is 46.8 Å². The maximum absolute atomic E-state index is 13.1. The lowest BCUT2D eigenvalue weighted by Gasteiger charge is -2.19. The Labute approximate surface area is 192 Å². The summed E-state index contributed by atoms with van der Waals surface area (Å²) in [6, 6.07) is 8.49. The van der Waals surface area contributed by atoms with Gasteiger partial charge >= 0.3 is 10.2 Å². The van der Waals surface area contributed by atoms with Crippen LogP contribution in [0.25, 0.3) is 0 Å². The Morgan fingerprint density at radius 1 is 1.12 bits per heavy atom. The first-order valence-corrected chi connectivity index (χ1v) is 12.5. The summed E-state index contributed by atoms with van der Waals surface area (Å²) in [4.78, 5) is 26.2. The molecule has 2 heterocycles. The minimum absolute atomic E-state index is 0.0481. The summed E-state index contributed by atoms with van der Waals surface area (Å²) in [5.74, 6) is 0.999. The predicted octanol–water partition coefficient (Wildman–Crippen LogP) is 3.47. The van der Waals surface area contributed by atoms with Crippen LogP contribution in [0.4, 0.5) is 0 Å². The van der Waals surface area contributed by atoms with Crippen LogP contribution in [0.3, 0.4) is 0 Å². The number of hydrogen-bond acceptors (Lipinski definition) is 7. The Bertz CT molecular complexity index is 1090. The predicted molar refractivity (Wildman–Crippen MR) is 122 cm³/mol. The summed E-state index contributed by atoms with van der Waals surface area (Å²) in [6.07, 6.45) is 1.28. The molecule has 3 rings (SSSR count). The van der Waals surface area contributed by atoms with Gasteiger partial charge in [0.15, 0.2) is 5.78 Å². The van der Waals surface area contributed by atoms with E-state index in [9.17, 15) is 18.0 Å². The number of carbonyl (C=O) groups excluding carboxylic acids is 2. The highest BCUT2D eigenvalue weighted by Gasteiger charge is 2.42. The molecule has 10 heteroatoms. The smallest absolute Gasteiger partial charge is 0.307 e. The van der Waals surface area contributed by atoms with Crippen LogP contribution in [0, 0.1) is 5.92 Å². The van der Waals surface area contributed by atoms with Gasteiger partial charge in [-0.05, 0) is 36.6 Å². The van der Waals surface area contributed by atoms with Crippen molar-refractivity contribution in [2.45, 2.75) is 39.8 Å². The monoisotopic (exact) mass is 480 g/mol. The number of Topliss-reactive ketones (excluding diaryl/α,β-unsaturated/α-hetero) is 1. The highest BCUT2D eigenvalue weighted by molar-refractivity contribution is 7.87. The Hall–Kier alpha value is -2.43. The Balaban J connectivity index is 1.73. The van der Waals surface area contributed by atoms with Crippen molar-refractivity contribution in [1.29, 1.82) is 0 Å². The molecule has 32 heavy (non-hydrogen) atoms. The molecule has 0 N–H and O–H groups in total. The molecule has 8 nitrogen and oxygen atoms in total. The van der Waals surface area contributed by atoms with Crippen molar-refractivity contribution in [2.24, 2.45) is 5.92 Å². The van der Waals surface area contributed by atoms with Crippen LogP contribution in [-0.2, 0) is 28.1 Å². The van der Waals surface area contributed by atoms with Crippen molar-refractivity contribution in [3.8, 4) is 11.5 Å². The van der Waals surface area contributed by atoms with Crippen molar-refractivity contribution in [3.63, 3.8) is 0 Å². The molecule has 0 atom stereocenters. The second-order valence-electron chi connectivity index (χ2n) is 7.98. The second kappa shape index (κ2) is 10.0. The fraction of sp³-hybridized carbons (Fsp3) is 0.455. The van der Waals surface area contributed by atoms with Gasteiger partial charge in [-0.15, -0.1) is 11.3 Å². The minimum Gasteiger partial charge on any atom is -0.497 e. The number of benzene rings is 1. The Kier molecular flexibility index (Phi) is 7.58. The summed E-state index contributed by atoms with van der Waals surface area (Å²) in [5, 5.41) is 0. The average molecular weight is 481 g/mol. The fourth-order valence-electron chi connectivity index (χ4n) is 3.35. The maximum Gasteiger partial charge on any atom is 0.307 e. The first kappa shape index (κ1) is 24.2. The van der Waals surface area contributed by atoms with E-state index in [1.165, 1.54) is 25.6 Å². The van der Waals surface area contributed by atoms with E-state index in [0.29, 0.717) is 34.3 Å². The number of thiophene rings is 1. The lowest BCUT2D eigenvalue weighted by Crippen LogP contribution is -2.33. The Morgan fingerprint density at radius 2 is 1.88 bits per heavy atom. The third-order valence-electron chi connectivity index (χ3n) is 5.22. The SMILES string of the molecule is COc1ccc(CN2C(=O)CN(Cc3ccc(C(=O)CCC(C)C)s3)S2(=O)=O)c(OC)c1. The fourth-order valence-corrected chi connectivity index (χ4v) is 5.90. The maximum atomic E-state index is 13.1. The number of ketones is 1. The van der Waals surface area contributed by atoms with Crippen molar-refractivity contribution >= 4 is 33.2 Å². The molecule has 174 valence electrons.